The summed E-state index contributed by atoms with van der Waals surface area (Å²) in [4.78, 5) is 4.26. The molecular weight excluding hydrogens is 226 g/mol. The number of ether oxygens (including phenoxy) is 1. The van der Waals surface area contributed by atoms with Gasteiger partial charge in [-0.15, -0.1) is 0 Å². The van der Waals surface area contributed by atoms with Gasteiger partial charge in [-0.3, -0.25) is 4.98 Å². The number of pyridine rings is 1. The lowest BCUT2D eigenvalue weighted by Gasteiger charge is -2.04. The van der Waals surface area contributed by atoms with Gasteiger partial charge < -0.3 is 9.15 Å². The summed E-state index contributed by atoms with van der Waals surface area (Å²) in [7, 11) is 1.67. The Kier molecular flexibility index (Phi) is 2.73. The maximum Gasteiger partial charge on any atom is 0.155 e. The molecule has 0 fully saturated rings. The number of fused-ring (bicyclic) bond motifs is 1. The summed E-state index contributed by atoms with van der Waals surface area (Å²) in [5, 5.41) is 0. The van der Waals surface area contributed by atoms with E-state index in [1.807, 2.05) is 30.5 Å². The molecule has 3 nitrogen and oxygen atoms in total. The SMILES string of the molecule is COc1ccc(Cc2ccnc3ccoc23)cc1. The molecule has 0 atom stereocenters. The molecule has 18 heavy (non-hydrogen) atoms. The van der Waals surface area contributed by atoms with Gasteiger partial charge in [0.1, 0.15) is 11.3 Å². The van der Waals surface area contributed by atoms with Gasteiger partial charge in [-0.05, 0) is 23.8 Å². The van der Waals surface area contributed by atoms with E-state index >= 15 is 0 Å². The quantitative estimate of drug-likeness (QED) is 0.702. The molecule has 2 heterocycles. The molecule has 0 aliphatic rings. The molecule has 0 unspecified atom stereocenters. The van der Waals surface area contributed by atoms with Crippen molar-refractivity contribution in [3.63, 3.8) is 0 Å². The van der Waals surface area contributed by atoms with Crippen LogP contribution in [0.15, 0.2) is 53.3 Å². The van der Waals surface area contributed by atoms with Crippen molar-refractivity contribution in [2.24, 2.45) is 0 Å². The van der Waals surface area contributed by atoms with Crippen LogP contribution in [0.3, 0.4) is 0 Å². The maximum atomic E-state index is 5.48. The lowest BCUT2D eigenvalue weighted by molar-refractivity contribution is 0.414. The monoisotopic (exact) mass is 239 g/mol. The highest BCUT2D eigenvalue weighted by molar-refractivity contribution is 5.76. The molecule has 0 aliphatic heterocycles. The first-order chi connectivity index (χ1) is 8.86. The van der Waals surface area contributed by atoms with Crippen molar-refractivity contribution >= 4 is 11.1 Å². The molecule has 0 radical (unpaired) electrons. The van der Waals surface area contributed by atoms with Gasteiger partial charge in [0.05, 0.1) is 13.4 Å². The van der Waals surface area contributed by atoms with Gasteiger partial charge in [0, 0.05) is 24.2 Å². The molecule has 90 valence electrons. The molecule has 0 aliphatic carbocycles. The molecule has 3 aromatic rings. The fourth-order valence-corrected chi connectivity index (χ4v) is 2.03. The van der Waals surface area contributed by atoms with Crippen LogP contribution in [-0.2, 0) is 6.42 Å². The summed E-state index contributed by atoms with van der Waals surface area (Å²) in [6.07, 6.45) is 4.32. The second kappa shape index (κ2) is 4.53. The Hall–Kier alpha value is -2.29. The second-order valence-corrected chi connectivity index (χ2v) is 4.13. The van der Waals surface area contributed by atoms with Crippen LogP contribution >= 0.6 is 0 Å². The van der Waals surface area contributed by atoms with E-state index in [1.165, 1.54) is 5.56 Å². The molecule has 1 aromatic carbocycles. The molecule has 0 saturated carbocycles. The highest BCUT2D eigenvalue weighted by Gasteiger charge is 2.06. The predicted octanol–water partition coefficient (Wildman–Crippen LogP) is 3.43. The zero-order valence-electron chi connectivity index (χ0n) is 10.1. The highest BCUT2D eigenvalue weighted by atomic mass is 16.5. The fourth-order valence-electron chi connectivity index (χ4n) is 2.03. The molecule has 0 amide bonds. The Balaban J connectivity index is 1.93. The van der Waals surface area contributed by atoms with E-state index in [2.05, 4.69) is 17.1 Å². The van der Waals surface area contributed by atoms with E-state index in [-0.39, 0.29) is 0 Å². The van der Waals surface area contributed by atoms with Crippen LogP contribution in [0.2, 0.25) is 0 Å². The van der Waals surface area contributed by atoms with E-state index in [4.69, 9.17) is 9.15 Å². The van der Waals surface area contributed by atoms with Gasteiger partial charge >= 0.3 is 0 Å². The second-order valence-electron chi connectivity index (χ2n) is 4.13. The first-order valence-corrected chi connectivity index (χ1v) is 5.81. The number of rotatable bonds is 3. The van der Waals surface area contributed by atoms with Crippen molar-refractivity contribution in [3.05, 3.63) is 60.0 Å². The summed E-state index contributed by atoms with van der Waals surface area (Å²) in [6, 6.07) is 11.9. The molecule has 2 aromatic heterocycles. The van der Waals surface area contributed by atoms with Crippen molar-refractivity contribution in [2.45, 2.75) is 6.42 Å². The van der Waals surface area contributed by atoms with Gasteiger partial charge in [-0.25, -0.2) is 0 Å². The summed E-state index contributed by atoms with van der Waals surface area (Å²) in [6.45, 7) is 0. The van der Waals surface area contributed by atoms with Gasteiger partial charge in [0.25, 0.3) is 0 Å². The average molecular weight is 239 g/mol. The van der Waals surface area contributed by atoms with E-state index in [0.29, 0.717) is 0 Å². The van der Waals surface area contributed by atoms with Crippen LogP contribution in [0, 0.1) is 0 Å². The average Bonchev–Trinajstić information content (AvgIpc) is 2.89. The lowest BCUT2D eigenvalue weighted by Crippen LogP contribution is -1.90. The van der Waals surface area contributed by atoms with Crippen LogP contribution in [0.25, 0.3) is 11.1 Å². The Morgan fingerprint density at radius 3 is 2.72 bits per heavy atom. The topological polar surface area (TPSA) is 35.3 Å². The van der Waals surface area contributed by atoms with Crippen molar-refractivity contribution in [3.8, 4) is 5.75 Å². The fraction of sp³-hybridized carbons (Fsp3) is 0.133. The van der Waals surface area contributed by atoms with Gasteiger partial charge in [0.2, 0.25) is 0 Å². The third-order valence-electron chi connectivity index (χ3n) is 2.98. The summed E-state index contributed by atoms with van der Waals surface area (Å²) in [5.74, 6) is 0.872. The molecule has 0 saturated heterocycles. The molecule has 0 bridgehead atoms. The van der Waals surface area contributed by atoms with Crippen LogP contribution < -0.4 is 4.74 Å². The number of nitrogens with zero attached hydrogens (tertiary/aromatic N) is 1. The van der Waals surface area contributed by atoms with Crippen LogP contribution in [0.1, 0.15) is 11.1 Å². The zero-order valence-corrected chi connectivity index (χ0v) is 10.1. The number of furan rings is 1. The molecule has 0 N–H and O–H groups in total. The van der Waals surface area contributed by atoms with E-state index < -0.39 is 0 Å². The summed E-state index contributed by atoms with van der Waals surface area (Å²) < 4.78 is 10.6. The van der Waals surface area contributed by atoms with Gasteiger partial charge in [0.15, 0.2) is 5.58 Å². The Bertz CT molecular complexity index is 656. The van der Waals surface area contributed by atoms with Gasteiger partial charge in [-0.2, -0.15) is 0 Å². The van der Waals surface area contributed by atoms with E-state index in [9.17, 15) is 0 Å². The number of methoxy groups -OCH3 is 1. The van der Waals surface area contributed by atoms with E-state index in [0.717, 1.165) is 28.8 Å². The molecular formula is C15H13NO2. The van der Waals surface area contributed by atoms with Gasteiger partial charge in [-0.1, -0.05) is 12.1 Å². The van der Waals surface area contributed by atoms with Crippen molar-refractivity contribution in [1.29, 1.82) is 0 Å². The number of benzene rings is 1. The van der Waals surface area contributed by atoms with Crippen molar-refractivity contribution < 1.29 is 9.15 Å². The van der Waals surface area contributed by atoms with Crippen molar-refractivity contribution in [1.82, 2.24) is 4.98 Å². The summed E-state index contributed by atoms with van der Waals surface area (Å²) in [5.41, 5.74) is 4.14. The smallest absolute Gasteiger partial charge is 0.155 e. The standard InChI is InChI=1S/C15H13NO2/c1-17-13-4-2-11(3-5-13)10-12-6-8-16-14-7-9-18-15(12)14/h2-9H,10H2,1H3. The van der Waals surface area contributed by atoms with Crippen LogP contribution in [0.5, 0.6) is 5.75 Å². The third kappa shape index (κ3) is 1.95. The summed E-state index contributed by atoms with van der Waals surface area (Å²) >= 11 is 0. The first kappa shape index (κ1) is 10.8. The Morgan fingerprint density at radius 1 is 1.11 bits per heavy atom. The normalized spacial score (nSPS) is 10.7. The first-order valence-electron chi connectivity index (χ1n) is 5.81. The Labute approximate surface area is 105 Å². The van der Waals surface area contributed by atoms with Crippen LogP contribution in [-0.4, -0.2) is 12.1 Å². The minimum absolute atomic E-state index is 0.830. The highest BCUT2D eigenvalue weighted by Crippen LogP contribution is 2.21. The molecule has 3 rings (SSSR count). The molecule has 3 heteroatoms. The van der Waals surface area contributed by atoms with Crippen molar-refractivity contribution in [2.75, 3.05) is 7.11 Å². The Morgan fingerprint density at radius 2 is 1.94 bits per heavy atom. The number of aromatic nitrogens is 1. The predicted molar refractivity (Wildman–Crippen MR) is 69.8 cm³/mol. The van der Waals surface area contributed by atoms with Crippen LogP contribution in [0.4, 0.5) is 0 Å². The van der Waals surface area contributed by atoms with E-state index in [1.54, 1.807) is 13.4 Å². The maximum absolute atomic E-state index is 5.48. The minimum atomic E-state index is 0.830. The number of hydrogen-bond donors (Lipinski definition) is 0. The third-order valence-corrected chi connectivity index (χ3v) is 2.98. The molecule has 0 spiro atoms. The zero-order chi connectivity index (χ0) is 12.4. The number of hydrogen-bond acceptors (Lipinski definition) is 3. The lowest BCUT2D eigenvalue weighted by atomic mass is 10.1. The largest absolute Gasteiger partial charge is 0.497 e. The minimum Gasteiger partial charge on any atom is -0.497 e.